The first kappa shape index (κ1) is 18.1. The summed E-state index contributed by atoms with van der Waals surface area (Å²) in [5.74, 6) is 0.624. The summed E-state index contributed by atoms with van der Waals surface area (Å²) in [6.07, 6.45) is 5.88. The third kappa shape index (κ3) is 3.61. The minimum atomic E-state index is -0.165. The van der Waals surface area contributed by atoms with E-state index in [4.69, 9.17) is 0 Å². The fourth-order valence-corrected chi connectivity index (χ4v) is 3.22. The average molecular weight is 355 g/mol. The van der Waals surface area contributed by atoms with Crippen LogP contribution in [-0.2, 0) is 11.3 Å². The Labute approximate surface area is 153 Å². The van der Waals surface area contributed by atoms with Gasteiger partial charge in [-0.25, -0.2) is 9.97 Å². The van der Waals surface area contributed by atoms with Gasteiger partial charge in [0.25, 0.3) is 5.56 Å². The number of piperazine rings is 1. The van der Waals surface area contributed by atoms with Gasteiger partial charge in [-0.05, 0) is 18.6 Å². The van der Waals surface area contributed by atoms with Crippen LogP contribution in [0.15, 0.2) is 35.8 Å². The molecule has 0 spiro atoms. The number of fused-ring (bicyclic) bond motifs is 1. The van der Waals surface area contributed by atoms with Crippen molar-refractivity contribution in [2.24, 2.45) is 0 Å². The Morgan fingerprint density at radius 1 is 1.31 bits per heavy atom. The number of hydrogen-bond donors (Lipinski definition) is 0. The molecule has 3 heterocycles. The summed E-state index contributed by atoms with van der Waals surface area (Å²) in [5.41, 5.74) is 1.08. The molecule has 0 N–H and O–H groups in total. The fourth-order valence-electron chi connectivity index (χ4n) is 3.22. The lowest BCUT2D eigenvalue weighted by Crippen LogP contribution is -2.50. The van der Waals surface area contributed by atoms with Gasteiger partial charge in [0.2, 0.25) is 5.91 Å². The Kier molecular flexibility index (Phi) is 5.65. The maximum absolute atomic E-state index is 12.9. The highest BCUT2D eigenvalue weighted by Crippen LogP contribution is 2.15. The Balaban J connectivity index is 1.83. The molecule has 1 aliphatic heterocycles. The SMILES string of the molecule is C=CCn1c(=O)c(N2CCN(C(=O)CCCC)CC2)nc2cccnc21. The zero-order valence-corrected chi connectivity index (χ0v) is 15.2. The Hall–Kier alpha value is -2.70. The lowest BCUT2D eigenvalue weighted by molar-refractivity contribution is -0.131. The number of carbonyl (C=O) groups is 1. The van der Waals surface area contributed by atoms with Gasteiger partial charge >= 0.3 is 0 Å². The van der Waals surface area contributed by atoms with Crippen LogP contribution in [0.3, 0.4) is 0 Å². The maximum atomic E-state index is 12.9. The van der Waals surface area contributed by atoms with Crippen molar-refractivity contribution in [3.05, 3.63) is 41.3 Å². The summed E-state index contributed by atoms with van der Waals surface area (Å²) in [4.78, 5) is 37.8. The molecule has 138 valence electrons. The van der Waals surface area contributed by atoms with Crippen LogP contribution in [0.25, 0.3) is 11.2 Å². The molecular weight excluding hydrogens is 330 g/mol. The van der Waals surface area contributed by atoms with Gasteiger partial charge in [0.05, 0.1) is 0 Å². The van der Waals surface area contributed by atoms with Crippen LogP contribution < -0.4 is 10.5 Å². The molecule has 0 saturated carbocycles. The van der Waals surface area contributed by atoms with E-state index in [1.54, 1.807) is 16.8 Å². The third-order valence-electron chi connectivity index (χ3n) is 4.67. The zero-order chi connectivity index (χ0) is 18.5. The van der Waals surface area contributed by atoms with Crippen molar-refractivity contribution in [3.63, 3.8) is 0 Å². The summed E-state index contributed by atoms with van der Waals surface area (Å²) < 4.78 is 1.60. The number of anilines is 1. The third-order valence-corrected chi connectivity index (χ3v) is 4.67. The second kappa shape index (κ2) is 8.12. The Bertz CT molecular complexity index is 853. The van der Waals surface area contributed by atoms with Crippen molar-refractivity contribution >= 4 is 22.9 Å². The molecule has 0 aliphatic carbocycles. The summed E-state index contributed by atoms with van der Waals surface area (Å²) in [6, 6.07) is 3.67. The topological polar surface area (TPSA) is 71.3 Å². The molecule has 26 heavy (non-hydrogen) atoms. The number of hydrogen-bond acceptors (Lipinski definition) is 5. The Morgan fingerprint density at radius 2 is 2.08 bits per heavy atom. The van der Waals surface area contributed by atoms with E-state index in [1.807, 2.05) is 21.9 Å². The molecule has 0 unspecified atom stereocenters. The molecule has 7 heteroatoms. The standard InChI is InChI=1S/C19H25N5O2/c1-3-5-8-16(25)22-11-13-23(14-12-22)18-19(26)24(10-4-2)17-15(21-18)7-6-9-20-17/h4,6-7,9H,2-3,5,8,10-14H2,1H3. The van der Waals surface area contributed by atoms with Gasteiger partial charge in [0.1, 0.15) is 5.52 Å². The van der Waals surface area contributed by atoms with Gasteiger partial charge in [0, 0.05) is 45.3 Å². The van der Waals surface area contributed by atoms with Crippen molar-refractivity contribution < 1.29 is 4.79 Å². The van der Waals surface area contributed by atoms with Crippen molar-refractivity contribution in [2.75, 3.05) is 31.1 Å². The fraction of sp³-hybridized carbons (Fsp3) is 0.474. The van der Waals surface area contributed by atoms with Crippen LogP contribution in [0.5, 0.6) is 0 Å². The lowest BCUT2D eigenvalue weighted by atomic mass is 10.2. The number of carbonyl (C=O) groups excluding carboxylic acids is 1. The number of unbranched alkanes of at least 4 members (excludes halogenated alkanes) is 1. The van der Waals surface area contributed by atoms with Gasteiger partial charge in [0.15, 0.2) is 11.5 Å². The summed E-state index contributed by atoms with van der Waals surface area (Å²) in [5, 5.41) is 0. The van der Waals surface area contributed by atoms with Crippen LogP contribution in [0, 0.1) is 0 Å². The maximum Gasteiger partial charge on any atom is 0.295 e. The smallest absolute Gasteiger partial charge is 0.295 e. The van der Waals surface area contributed by atoms with Gasteiger partial charge in [-0.3, -0.25) is 14.2 Å². The summed E-state index contributed by atoms with van der Waals surface area (Å²) >= 11 is 0. The molecule has 0 atom stereocenters. The predicted molar refractivity (Wildman–Crippen MR) is 102 cm³/mol. The number of pyridine rings is 1. The number of nitrogens with zero attached hydrogens (tertiary/aromatic N) is 5. The number of rotatable bonds is 6. The molecular formula is C19H25N5O2. The van der Waals surface area contributed by atoms with Crippen molar-refractivity contribution in [2.45, 2.75) is 32.7 Å². The lowest BCUT2D eigenvalue weighted by Gasteiger charge is -2.35. The van der Waals surface area contributed by atoms with Crippen LogP contribution >= 0.6 is 0 Å². The molecule has 0 bridgehead atoms. The quantitative estimate of drug-likeness (QED) is 0.739. The molecule has 0 radical (unpaired) electrons. The molecule has 7 nitrogen and oxygen atoms in total. The van der Waals surface area contributed by atoms with Crippen molar-refractivity contribution in [1.82, 2.24) is 19.4 Å². The van der Waals surface area contributed by atoms with Crippen LogP contribution in [0.2, 0.25) is 0 Å². The largest absolute Gasteiger partial charge is 0.348 e. The zero-order valence-electron chi connectivity index (χ0n) is 15.2. The monoisotopic (exact) mass is 355 g/mol. The van der Waals surface area contributed by atoms with E-state index in [9.17, 15) is 9.59 Å². The van der Waals surface area contributed by atoms with Crippen LogP contribution in [0.1, 0.15) is 26.2 Å². The molecule has 0 aromatic carbocycles. The highest BCUT2D eigenvalue weighted by molar-refractivity contribution is 5.76. The predicted octanol–water partition coefficient (Wildman–Crippen LogP) is 1.82. The van der Waals surface area contributed by atoms with Crippen LogP contribution in [-0.4, -0.2) is 51.5 Å². The Morgan fingerprint density at radius 3 is 2.77 bits per heavy atom. The van der Waals surface area contributed by atoms with E-state index in [0.717, 1.165) is 12.8 Å². The van der Waals surface area contributed by atoms with E-state index in [0.29, 0.717) is 56.1 Å². The van der Waals surface area contributed by atoms with Gasteiger partial charge in [-0.15, -0.1) is 6.58 Å². The average Bonchev–Trinajstić information content (AvgIpc) is 2.68. The molecule has 3 rings (SSSR count). The number of amides is 1. The highest BCUT2D eigenvalue weighted by atomic mass is 16.2. The molecule has 1 amide bonds. The minimum absolute atomic E-state index is 0.165. The van der Waals surface area contributed by atoms with Crippen molar-refractivity contribution in [3.8, 4) is 0 Å². The summed E-state index contributed by atoms with van der Waals surface area (Å²) in [7, 11) is 0. The van der Waals surface area contributed by atoms with Gasteiger partial charge in [-0.1, -0.05) is 19.4 Å². The number of allylic oxidation sites excluding steroid dienone is 1. The molecule has 1 aliphatic rings. The first-order valence-corrected chi connectivity index (χ1v) is 9.15. The molecule has 1 saturated heterocycles. The molecule has 2 aromatic rings. The van der Waals surface area contributed by atoms with Gasteiger partial charge < -0.3 is 9.80 Å². The normalized spacial score (nSPS) is 14.7. The van der Waals surface area contributed by atoms with Crippen molar-refractivity contribution in [1.29, 1.82) is 0 Å². The minimum Gasteiger partial charge on any atom is -0.348 e. The van der Waals surface area contributed by atoms with E-state index >= 15 is 0 Å². The second-order valence-corrected chi connectivity index (χ2v) is 6.46. The van der Waals surface area contributed by atoms with Gasteiger partial charge in [-0.2, -0.15) is 0 Å². The molecule has 2 aromatic heterocycles. The summed E-state index contributed by atoms with van der Waals surface area (Å²) in [6.45, 7) is 8.67. The first-order chi connectivity index (χ1) is 12.7. The van der Waals surface area contributed by atoms with E-state index in [1.165, 1.54) is 0 Å². The van der Waals surface area contributed by atoms with E-state index in [-0.39, 0.29) is 11.5 Å². The van der Waals surface area contributed by atoms with Crippen LogP contribution in [0.4, 0.5) is 5.82 Å². The van der Waals surface area contributed by atoms with E-state index in [2.05, 4.69) is 23.5 Å². The highest BCUT2D eigenvalue weighted by Gasteiger charge is 2.24. The number of aromatic nitrogens is 3. The van der Waals surface area contributed by atoms with E-state index < -0.39 is 0 Å². The first-order valence-electron chi connectivity index (χ1n) is 9.15. The molecule has 1 fully saturated rings. The second-order valence-electron chi connectivity index (χ2n) is 6.46.